The third-order valence-electron chi connectivity index (χ3n) is 4.65. The Kier molecular flexibility index (Phi) is 9.60. The van der Waals surface area contributed by atoms with Crippen molar-refractivity contribution in [1.29, 1.82) is 0 Å². The summed E-state index contributed by atoms with van der Waals surface area (Å²) in [6, 6.07) is 8.62. The monoisotopic (exact) mass is 459 g/mol. The first-order valence-corrected chi connectivity index (χ1v) is 11.1. The lowest BCUT2D eigenvalue weighted by Crippen LogP contribution is -2.57. The number of nitrogens with one attached hydrogen (secondary N) is 1. The van der Waals surface area contributed by atoms with Crippen LogP contribution in [0.2, 0.25) is 0 Å². The second-order valence-corrected chi connectivity index (χ2v) is 9.49. The average Bonchev–Trinajstić information content (AvgIpc) is 2.68. The lowest BCUT2D eigenvalue weighted by molar-refractivity contribution is -0.189. The minimum absolute atomic E-state index is 0.0998. The second kappa shape index (κ2) is 11.2. The Morgan fingerprint density at radius 2 is 1.71 bits per heavy atom. The van der Waals surface area contributed by atoms with E-state index in [0.717, 1.165) is 0 Å². The normalized spacial score (nSPS) is 13.8. The molecule has 0 saturated carbocycles. The summed E-state index contributed by atoms with van der Waals surface area (Å²) in [4.78, 5) is 34.6. The molecule has 0 saturated heterocycles. The van der Waals surface area contributed by atoms with E-state index in [1.165, 1.54) is 20.8 Å². The standard InChI is InChI=1S/C20H29NO9S/c1-15(22)21-10-7-11-31(27,28)30-13-19(2,3)20(26,18(24)25)14-29-17(23)12-16-8-5-4-6-9-16/h4-6,8-9,26H,7,10-14H2,1-3H3,(H,21,22)(H,24,25)/t20-/m1/s1. The highest BCUT2D eigenvalue weighted by Crippen LogP contribution is 2.33. The third-order valence-corrected chi connectivity index (χ3v) is 5.92. The van der Waals surface area contributed by atoms with Gasteiger partial charge in [-0.1, -0.05) is 44.2 Å². The highest BCUT2D eigenvalue weighted by atomic mass is 32.2. The van der Waals surface area contributed by atoms with Gasteiger partial charge in [0.15, 0.2) is 0 Å². The van der Waals surface area contributed by atoms with Gasteiger partial charge in [0.25, 0.3) is 10.1 Å². The predicted molar refractivity (Wildman–Crippen MR) is 111 cm³/mol. The highest BCUT2D eigenvalue weighted by molar-refractivity contribution is 7.86. The van der Waals surface area contributed by atoms with E-state index >= 15 is 0 Å². The molecule has 0 unspecified atom stereocenters. The molecular weight excluding hydrogens is 430 g/mol. The summed E-state index contributed by atoms with van der Waals surface area (Å²) in [7, 11) is -4.03. The number of rotatable bonds is 13. The molecule has 174 valence electrons. The zero-order valence-electron chi connectivity index (χ0n) is 17.8. The van der Waals surface area contributed by atoms with Gasteiger partial charge in [-0.25, -0.2) is 4.79 Å². The van der Waals surface area contributed by atoms with Gasteiger partial charge < -0.3 is 20.3 Å². The van der Waals surface area contributed by atoms with E-state index in [4.69, 9.17) is 8.92 Å². The van der Waals surface area contributed by atoms with Crippen LogP contribution in [0, 0.1) is 5.41 Å². The quantitative estimate of drug-likeness (QED) is 0.217. The molecule has 0 fully saturated rings. The average molecular weight is 460 g/mol. The maximum Gasteiger partial charge on any atom is 0.339 e. The zero-order valence-corrected chi connectivity index (χ0v) is 18.6. The van der Waals surface area contributed by atoms with Crippen LogP contribution in [-0.2, 0) is 39.8 Å². The largest absolute Gasteiger partial charge is 0.479 e. The predicted octanol–water partition coefficient (Wildman–Crippen LogP) is 0.487. The van der Waals surface area contributed by atoms with Crippen molar-refractivity contribution in [2.75, 3.05) is 25.5 Å². The molecule has 3 N–H and O–H groups in total. The SMILES string of the molecule is CC(=O)NCCCS(=O)(=O)OCC(C)(C)[C@@](O)(COC(=O)Cc1ccccc1)C(=O)O. The van der Waals surface area contributed by atoms with Crippen LogP contribution in [0.1, 0.15) is 32.8 Å². The minimum Gasteiger partial charge on any atom is -0.479 e. The van der Waals surface area contributed by atoms with Crippen LogP contribution in [0.5, 0.6) is 0 Å². The number of benzene rings is 1. The fourth-order valence-corrected chi connectivity index (χ4v) is 3.56. The van der Waals surface area contributed by atoms with Gasteiger partial charge in [0.05, 0.1) is 18.8 Å². The Labute approximate surface area is 181 Å². The number of hydrogen-bond donors (Lipinski definition) is 3. The van der Waals surface area contributed by atoms with Gasteiger partial charge in [-0.15, -0.1) is 0 Å². The first-order chi connectivity index (χ1) is 14.3. The Bertz CT molecular complexity index is 868. The van der Waals surface area contributed by atoms with E-state index in [0.29, 0.717) is 5.56 Å². The van der Waals surface area contributed by atoms with Crippen LogP contribution in [-0.4, -0.2) is 67.6 Å². The van der Waals surface area contributed by atoms with Crippen molar-refractivity contribution in [2.45, 2.75) is 39.2 Å². The maximum atomic E-state index is 12.0. The molecule has 11 heteroatoms. The topological polar surface area (TPSA) is 156 Å². The molecular formula is C20H29NO9S. The van der Waals surface area contributed by atoms with E-state index in [2.05, 4.69) is 5.32 Å². The number of carboxylic acid groups (broad SMARTS) is 1. The van der Waals surface area contributed by atoms with Crippen LogP contribution in [0.15, 0.2) is 30.3 Å². The summed E-state index contributed by atoms with van der Waals surface area (Å²) < 4.78 is 34.0. The summed E-state index contributed by atoms with van der Waals surface area (Å²) in [5.74, 6) is -3.13. The molecule has 0 aromatic heterocycles. The molecule has 0 aliphatic carbocycles. The number of ether oxygens (including phenoxy) is 1. The Morgan fingerprint density at radius 1 is 1.10 bits per heavy atom. The Hall–Kier alpha value is -2.50. The Balaban J connectivity index is 2.71. The first kappa shape index (κ1) is 26.5. The van der Waals surface area contributed by atoms with Gasteiger partial charge in [-0.3, -0.25) is 13.8 Å². The van der Waals surface area contributed by atoms with Crippen LogP contribution in [0.3, 0.4) is 0 Å². The van der Waals surface area contributed by atoms with E-state index in [1.54, 1.807) is 30.3 Å². The summed E-state index contributed by atoms with van der Waals surface area (Å²) in [6.45, 7) is 2.48. The van der Waals surface area contributed by atoms with Gasteiger partial charge in [-0.05, 0) is 12.0 Å². The van der Waals surface area contributed by atoms with E-state index < -0.39 is 52.0 Å². The van der Waals surface area contributed by atoms with Crippen molar-refractivity contribution >= 4 is 28.0 Å². The van der Waals surface area contributed by atoms with Crippen LogP contribution >= 0.6 is 0 Å². The number of carboxylic acids is 1. The van der Waals surface area contributed by atoms with Crippen molar-refractivity contribution in [3.63, 3.8) is 0 Å². The molecule has 0 radical (unpaired) electrons. The lowest BCUT2D eigenvalue weighted by Gasteiger charge is -2.38. The van der Waals surface area contributed by atoms with Crippen molar-refractivity contribution < 1.29 is 41.9 Å². The molecule has 0 spiro atoms. The van der Waals surface area contributed by atoms with Crippen LogP contribution in [0.4, 0.5) is 0 Å². The van der Waals surface area contributed by atoms with Crippen LogP contribution in [0.25, 0.3) is 0 Å². The van der Waals surface area contributed by atoms with Gasteiger partial charge in [-0.2, -0.15) is 8.42 Å². The van der Waals surface area contributed by atoms with Gasteiger partial charge >= 0.3 is 11.9 Å². The third kappa shape index (κ3) is 8.64. The molecule has 0 heterocycles. The van der Waals surface area contributed by atoms with E-state index in [1.807, 2.05) is 0 Å². The number of aliphatic hydroxyl groups is 1. The van der Waals surface area contributed by atoms with Crippen molar-refractivity contribution in [3.05, 3.63) is 35.9 Å². The highest BCUT2D eigenvalue weighted by Gasteiger charge is 2.52. The van der Waals surface area contributed by atoms with Crippen molar-refractivity contribution in [2.24, 2.45) is 5.41 Å². The number of aliphatic carboxylic acids is 1. The molecule has 0 aliphatic heterocycles. The van der Waals surface area contributed by atoms with E-state index in [-0.39, 0.29) is 25.3 Å². The summed E-state index contributed by atoms with van der Waals surface area (Å²) >= 11 is 0. The maximum absolute atomic E-state index is 12.0. The fourth-order valence-electron chi connectivity index (χ4n) is 2.47. The number of carbonyl (C=O) groups excluding carboxylic acids is 2. The molecule has 10 nitrogen and oxygen atoms in total. The summed E-state index contributed by atoms with van der Waals surface area (Å²) in [6.07, 6.45) is -0.0151. The first-order valence-electron chi connectivity index (χ1n) is 9.56. The molecule has 1 amide bonds. The van der Waals surface area contributed by atoms with Crippen molar-refractivity contribution in [3.8, 4) is 0 Å². The summed E-state index contributed by atoms with van der Waals surface area (Å²) in [5.41, 5.74) is -3.57. The van der Waals surface area contributed by atoms with Gasteiger partial charge in [0, 0.05) is 18.9 Å². The lowest BCUT2D eigenvalue weighted by atomic mass is 9.76. The molecule has 1 aromatic rings. The van der Waals surface area contributed by atoms with Gasteiger partial charge in [0.1, 0.15) is 6.61 Å². The molecule has 31 heavy (non-hydrogen) atoms. The second-order valence-electron chi connectivity index (χ2n) is 7.73. The van der Waals surface area contributed by atoms with Gasteiger partial charge in [0.2, 0.25) is 11.5 Å². The number of carbonyl (C=O) groups is 3. The smallest absolute Gasteiger partial charge is 0.339 e. The Morgan fingerprint density at radius 3 is 2.26 bits per heavy atom. The zero-order chi connectivity index (χ0) is 23.7. The summed E-state index contributed by atoms with van der Waals surface area (Å²) in [5, 5.41) is 22.7. The number of amides is 1. The van der Waals surface area contributed by atoms with Crippen molar-refractivity contribution in [1.82, 2.24) is 5.32 Å². The molecule has 1 aromatic carbocycles. The molecule has 1 rings (SSSR count). The van der Waals surface area contributed by atoms with E-state index in [9.17, 15) is 33.0 Å². The minimum atomic E-state index is -4.03. The van der Waals surface area contributed by atoms with Crippen LogP contribution < -0.4 is 5.32 Å². The fraction of sp³-hybridized carbons (Fsp3) is 0.550. The molecule has 0 bridgehead atoms. The number of hydrogen-bond acceptors (Lipinski definition) is 8. The molecule has 1 atom stereocenters. The number of esters is 1. The molecule has 0 aliphatic rings.